The molecule has 92 valence electrons. The SMILES string of the molecule is O=Cc1cccc(F)c1Oc1ccc(F)cc1Br. The van der Waals surface area contributed by atoms with E-state index >= 15 is 0 Å². The number of hydrogen-bond acceptors (Lipinski definition) is 2. The van der Waals surface area contributed by atoms with E-state index < -0.39 is 11.6 Å². The Morgan fingerprint density at radius 3 is 2.61 bits per heavy atom. The molecule has 2 aromatic carbocycles. The maximum absolute atomic E-state index is 13.6. The molecule has 2 aromatic rings. The Kier molecular flexibility index (Phi) is 3.72. The molecule has 0 amide bonds. The summed E-state index contributed by atoms with van der Waals surface area (Å²) in [5.74, 6) is -1.06. The molecule has 0 spiro atoms. The summed E-state index contributed by atoms with van der Waals surface area (Å²) in [6.07, 6.45) is 0.496. The summed E-state index contributed by atoms with van der Waals surface area (Å²) in [4.78, 5) is 10.8. The summed E-state index contributed by atoms with van der Waals surface area (Å²) >= 11 is 3.10. The van der Waals surface area contributed by atoms with Crippen LogP contribution in [-0.4, -0.2) is 6.29 Å². The zero-order valence-electron chi connectivity index (χ0n) is 8.99. The van der Waals surface area contributed by atoms with Crippen molar-refractivity contribution in [2.75, 3.05) is 0 Å². The van der Waals surface area contributed by atoms with Crippen LogP contribution in [0.15, 0.2) is 40.9 Å². The molecule has 0 aliphatic rings. The van der Waals surface area contributed by atoms with Crippen molar-refractivity contribution in [3.05, 3.63) is 58.1 Å². The second-order valence-corrected chi connectivity index (χ2v) is 4.31. The van der Waals surface area contributed by atoms with E-state index in [0.29, 0.717) is 10.8 Å². The molecule has 0 saturated carbocycles. The van der Waals surface area contributed by atoms with E-state index in [9.17, 15) is 13.6 Å². The third kappa shape index (κ3) is 2.56. The van der Waals surface area contributed by atoms with Crippen LogP contribution >= 0.6 is 15.9 Å². The molecule has 0 bridgehead atoms. The molecule has 0 unspecified atom stereocenters. The lowest BCUT2D eigenvalue weighted by molar-refractivity contribution is 0.112. The molecule has 2 rings (SSSR count). The molecular weight excluding hydrogens is 306 g/mol. The molecule has 0 radical (unpaired) electrons. The lowest BCUT2D eigenvalue weighted by Crippen LogP contribution is -1.94. The maximum atomic E-state index is 13.6. The Labute approximate surface area is 110 Å². The fraction of sp³-hybridized carbons (Fsp3) is 0. The summed E-state index contributed by atoms with van der Waals surface area (Å²) in [7, 11) is 0. The molecule has 0 saturated heterocycles. The third-order valence-electron chi connectivity index (χ3n) is 2.23. The van der Waals surface area contributed by atoms with Crippen LogP contribution in [0.2, 0.25) is 0 Å². The number of benzene rings is 2. The molecule has 0 N–H and O–H groups in total. The van der Waals surface area contributed by atoms with Crippen LogP contribution in [-0.2, 0) is 0 Å². The van der Waals surface area contributed by atoms with E-state index in [1.54, 1.807) is 0 Å². The van der Waals surface area contributed by atoms with E-state index in [0.717, 1.165) is 0 Å². The zero-order valence-corrected chi connectivity index (χ0v) is 10.6. The molecular formula is C13H7BrF2O2. The van der Waals surface area contributed by atoms with Gasteiger partial charge in [-0.1, -0.05) is 6.07 Å². The molecule has 0 aliphatic heterocycles. The fourth-order valence-corrected chi connectivity index (χ4v) is 1.83. The zero-order chi connectivity index (χ0) is 13.1. The molecule has 0 atom stereocenters. The fourth-order valence-electron chi connectivity index (χ4n) is 1.39. The normalized spacial score (nSPS) is 10.2. The highest BCUT2D eigenvalue weighted by molar-refractivity contribution is 9.10. The molecule has 0 heterocycles. The first kappa shape index (κ1) is 12.7. The Morgan fingerprint density at radius 1 is 1.17 bits per heavy atom. The lowest BCUT2D eigenvalue weighted by Gasteiger charge is -2.10. The highest BCUT2D eigenvalue weighted by Crippen LogP contribution is 2.33. The highest BCUT2D eigenvalue weighted by Gasteiger charge is 2.12. The molecule has 2 nitrogen and oxygen atoms in total. The Bertz CT molecular complexity index is 600. The average Bonchev–Trinajstić information content (AvgIpc) is 2.34. The van der Waals surface area contributed by atoms with Gasteiger partial charge in [-0.05, 0) is 46.3 Å². The number of carbonyl (C=O) groups excluding carboxylic acids is 1. The topological polar surface area (TPSA) is 26.3 Å². The Morgan fingerprint density at radius 2 is 1.94 bits per heavy atom. The Balaban J connectivity index is 2.42. The van der Waals surface area contributed by atoms with Crippen LogP contribution in [0.1, 0.15) is 10.4 Å². The first-order valence-corrected chi connectivity index (χ1v) is 5.77. The van der Waals surface area contributed by atoms with Crippen LogP contribution < -0.4 is 4.74 Å². The van der Waals surface area contributed by atoms with Gasteiger partial charge in [0.2, 0.25) is 0 Å². The first-order chi connectivity index (χ1) is 8.61. The van der Waals surface area contributed by atoms with Gasteiger partial charge in [0.1, 0.15) is 11.6 Å². The van der Waals surface area contributed by atoms with Crippen LogP contribution in [0.5, 0.6) is 11.5 Å². The number of halogens is 3. The van der Waals surface area contributed by atoms with E-state index in [1.807, 2.05) is 0 Å². The Hall–Kier alpha value is -1.75. The molecule has 18 heavy (non-hydrogen) atoms. The van der Waals surface area contributed by atoms with Crippen LogP contribution in [0.4, 0.5) is 8.78 Å². The predicted octanol–water partition coefficient (Wildman–Crippen LogP) is 4.33. The van der Waals surface area contributed by atoms with Gasteiger partial charge in [-0.15, -0.1) is 0 Å². The van der Waals surface area contributed by atoms with Gasteiger partial charge >= 0.3 is 0 Å². The minimum atomic E-state index is -0.657. The molecule has 0 aliphatic carbocycles. The van der Waals surface area contributed by atoms with E-state index in [-0.39, 0.29) is 17.1 Å². The van der Waals surface area contributed by atoms with Gasteiger partial charge in [0.15, 0.2) is 17.9 Å². The maximum Gasteiger partial charge on any atom is 0.173 e. The van der Waals surface area contributed by atoms with Crippen LogP contribution in [0, 0.1) is 11.6 Å². The summed E-state index contributed by atoms with van der Waals surface area (Å²) in [5, 5.41) is 0. The van der Waals surface area contributed by atoms with Gasteiger partial charge in [0.25, 0.3) is 0 Å². The summed E-state index contributed by atoms with van der Waals surface area (Å²) < 4.78 is 32.1. The van der Waals surface area contributed by atoms with Gasteiger partial charge in [-0.2, -0.15) is 0 Å². The smallest absolute Gasteiger partial charge is 0.173 e. The molecule has 0 fully saturated rings. The number of ether oxygens (including phenoxy) is 1. The number of aldehydes is 1. The standard InChI is InChI=1S/C13H7BrF2O2/c14-10-6-9(15)4-5-12(10)18-13-8(7-17)2-1-3-11(13)16/h1-7H. The van der Waals surface area contributed by atoms with Gasteiger partial charge in [-0.3, -0.25) is 4.79 Å². The van der Waals surface area contributed by atoms with Crippen molar-refractivity contribution in [2.45, 2.75) is 0 Å². The van der Waals surface area contributed by atoms with Crippen molar-refractivity contribution in [3.8, 4) is 11.5 Å². The van der Waals surface area contributed by atoms with Crippen molar-refractivity contribution in [1.29, 1.82) is 0 Å². The number of hydrogen-bond donors (Lipinski definition) is 0. The number of carbonyl (C=O) groups is 1. The number of para-hydroxylation sites is 1. The van der Waals surface area contributed by atoms with Gasteiger partial charge in [0.05, 0.1) is 10.0 Å². The second-order valence-electron chi connectivity index (χ2n) is 3.45. The van der Waals surface area contributed by atoms with E-state index in [2.05, 4.69) is 15.9 Å². The van der Waals surface area contributed by atoms with Gasteiger partial charge < -0.3 is 4.74 Å². The molecule has 5 heteroatoms. The first-order valence-electron chi connectivity index (χ1n) is 4.98. The van der Waals surface area contributed by atoms with E-state index in [4.69, 9.17) is 4.74 Å². The van der Waals surface area contributed by atoms with Crippen LogP contribution in [0.25, 0.3) is 0 Å². The predicted molar refractivity (Wildman–Crippen MR) is 66.0 cm³/mol. The van der Waals surface area contributed by atoms with Crippen molar-refractivity contribution >= 4 is 22.2 Å². The lowest BCUT2D eigenvalue weighted by atomic mass is 10.2. The average molecular weight is 313 g/mol. The van der Waals surface area contributed by atoms with Gasteiger partial charge in [0, 0.05) is 0 Å². The highest BCUT2D eigenvalue weighted by atomic mass is 79.9. The summed E-state index contributed by atoms with van der Waals surface area (Å²) in [6.45, 7) is 0. The summed E-state index contributed by atoms with van der Waals surface area (Å²) in [6, 6.07) is 7.74. The summed E-state index contributed by atoms with van der Waals surface area (Å²) in [5.41, 5.74) is 0.0891. The van der Waals surface area contributed by atoms with Crippen molar-refractivity contribution in [3.63, 3.8) is 0 Å². The van der Waals surface area contributed by atoms with Gasteiger partial charge in [-0.25, -0.2) is 8.78 Å². The minimum Gasteiger partial charge on any atom is -0.452 e. The van der Waals surface area contributed by atoms with E-state index in [1.165, 1.54) is 36.4 Å². The minimum absolute atomic E-state index is 0.0891. The largest absolute Gasteiger partial charge is 0.452 e. The molecule has 0 aromatic heterocycles. The van der Waals surface area contributed by atoms with Crippen LogP contribution in [0.3, 0.4) is 0 Å². The second kappa shape index (κ2) is 5.27. The van der Waals surface area contributed by atoms with Crippen molar-refractivity contribution in [2.24, 2.45) is 0 Å². The number of rotatable bonds is 3. The van der Waals surface area contributed by atoms with Crippen molar-refractivity contribution in [1.82, 2.24) is 0 Å². The monoisotopic (exact) mass is 312 g/mol. The quantitative estimate of drug-likeness (QED) is 0.788. The van der Waals surface area contributed by atoms with Crippen molar-refractivity contribution < 1.29 is 18.3 Å². The third-order valence-corrected chi connectivity index (χ3v) is 2.85.